The third kappa shape index (κ3) is 4.53. The molecule has 10 heteroatoms. The molecule has 3 aromatic rings. The molecule has 0 aliphatic heterocycles. The van der Waals surface area contributed by atoms with Crippen molar-refractivity contribution in [2.75, 3.05) is 15.9 Å². The molecule has 30 heavy (non-hydrogen) atoms. The molecule has 1 aromatic heterocycles. The Morgan fingerprint density at radius 2 is 1.97 bits per heavy atom. The predicted octanol–water partition coefficient (Wildman–Crippen LogP) is 3.92. The van der Waals surface area contributed by atoms with Crippen LogP contribution in [0.4, 0.5) is 11.4 Å². The molecule has 0 aliphatic rings. The van der Waals surface area contributed by atoms with Gasteiger partial charge in [-0.1, -0.05) is 35.9 Å². The fraction of sp³-hybridized carbons (Fsp3) is 0.300. The van der Waals surface area contributed by atoms with Crippen LogP contribution in [0.3, 0.4) is 0 Å². The van der Waals surface area contributed by atoms with E-state index in [0.717, 1.165) is 32.1 Å². The Balaban J connectivity index is 1.94. The highest BCUT2D eigenvalue weighted by atomic mass is 35.5. The first-order chi connectivity index (χ1) is 14.2. The summed E-state index contributed by atoms with van der Waals surface area (Å²) < 4.78 is 28.5. The summed E-state index contributed by atoms with van der Waals surface area (Å²) in [4.78, 5) is 25.0. The Hall–Kier alpha value is -2.36. The Labute approximate surface area is 183 Å². The molecule has 0 saturated carbocycles. The van der Waals surface area contributed by atoms with Crippen LogP contribution in [0.15, 0.2) is 47.3 Å². The van der Waals surface area contributed by atoms with Gasteiger partial charge in [0.1, 0.15) is 6.04 Å². The molecule has 1 amide bonds. The summed E-state index contributed by atoms with van der Waals surface area (Å²) in [6.07, 6.45) is 1.31. The van der Waals surface area contributed by atoms with Crippen molar-refractivity contribution < 1.29 is 13.2 Å². The van der Waals surface area contributed by atoms with Crippen molar-refractivity contribution in [2.45, 2.75) is 32.9 Å². The number of thiazole rings is 1. The van der Waals surface area contributed by atoms with Gasteiger partial charge in [-0.05, 0) is 49.7 Å². The quantitative estimate of drug-likeness (QED) is 0.570. The Bertz CT molecular complexity index is 1250. The Morgan fingerprint density at radius 3 is 2.57 bits per heavy atom. The van der Waals surface area contributed by atoms with Crippen LogP contribution in [0.2, 0.25) is 5.02 Å². The van der Waals surface area contributed by atoms with Gasteiger partial charge in [-0.15, -0.1) is 0 Å². The standard InChI is InChI=1S/C20H22ClN3O4S2/c1-4-16(24(30(3,27)28)15-8-6-7-13(21)11-15)19(25)22-14-9-10-17-18(12-14)29-20(26)23(17)5-2/h6-12,16H,4-5H2,1-3H3,(H,22,25)/t16-/m1/s1. The lowest BCUT2D eigenvalue weighted by molar-refractivity contribution is -0.117. The number of halogens is 1. The lowest BCUT2D eigenvalue weighted by Gasteiger charge is -2.30. The predicted molar refractivity (Wildman–Crippen MR) is 123 cm³/mol. The number of carbonyl (C=O) groups excluding carboxylic acids is 1. The molecular formula is C20H22ClN3O4S2. The summed E-state index contributed by atoms with van der Waals surface area (Å²) in [6.45, 7) is 4.19. The maximum Gasteiger partial charge on any atom is 0.308 e. The number of carbonyl (C=O) groups is 1. The highest BCUT2D eigenvalue weighted by Gasteiger charge is 2.31. The highest BCUT2D eigenvalue weighted by Crippen LogP contribution is 2.27. The van der Waals surface area contributed by atoms with Gasteiger partial charge in [0.15, 0.2) is 0 Å². The van der Waals surface area contributed by atoms with Crippen LogP contribution in [-0.4, -0.2) is 31.2 Å². The number of fused-ring (bicyclic) bond motifs is 1. The van der Waals surface area contributed by atoms with Gasteiger partial charge in [0.2, 0.25) is 15.9 Å². The van der Waals surface area contributed by atoms with E-state index in [1.54, 1.807) is 47.9 Å². The van der Waals surface area contributed by atoms with E-state index in [1.807, 2.05) is 6.92 Å². The number of sulfonamides is 1. The molecule has 0 radical (unpaired) electrons. The van der Waals surface area contributed by atoms with Gasteiger partial charge < -0.3 is 5.32 Å². The number of nitrogens with one attached hydrogen (secondary N) is 1. The first-order valence-electron chi connectivity index (χ1n) is 9.35. The number of anilines is 2. The minimum atomic E-state index is -3.75. The van der Waals surface area contributed by atoms with Crippen molar-refractivity contribution in [3.63, 3.8) is 0 Å². The molecule has 3 rings (SSSR count). The number of hydrogen-bond acceptors (Lipinski definition) is 5. The normalized spacial score (nSPS) is 12.7. The molecule has 1 heterocycles. The summed E-state index contributed by atoms with van der Waals surface area (Å²) in [5, 5.41) is 3.16. The maximum absolute atomic E-state index is 13.0. The van der Waals surface area contributed by atoms with E-state index >= 15 is 0 Å². The Morgan fingerprint density at radius 1 is 1.23 bits per heavy atom. The van der Waals surface area contributed by atoms with Crippen LogP contribution in [0, 0.1) is 0 Å². The number of amides is 1. The van der Waals surface area contributed by atoms with Crippen LogP contribution in [0.1, 0.15) is 20.3 Å². The van der Waals surface area contributed by atoms with E-state index in [-0.39, 0.29) is 11.3 Å². The highest BCUT2D eigenvalue weighted by molar-refractivity contribution is 7.92. The van der Waals surface area contributed by atoms with Crippen LogP contribution >= 0.6 is 22.9 Å². The number of aryl methyl sites for hydroxylation is 1. The first-order valence-corrected chi connectivity index (χ1v) is 12.4. The molecular weight excluding hydrogens is 446 g/mol. The molecule has 7 nitrogen and oxygen atoms in total. The average Bonchev–Trinajstić information content (AvgIpc) is 2.98. The summed E-state index contributed by atoms with van der Waals surface area (Å²) >= 11 is 7.13. The SMILES string of the molecule is CC[C@H](C(=O)Nc1ccc2c(c1)sc(=O)n2CC)N(c1cccc(Cl)c1)S(C)(=O)=O. The lowest BCUT2D eigenvalue weighted by Crippen LogP contribution is -2.47. The van der Waals surface area contributed by atoms with Crippen LogP contribution in [-0.2, 0) is 21.4 Å². The second-order valence-corrected chi connectivity index (χ2v) is 10.0. The largest absolute Gasteiger partial charge is 0.324 e. The van der Waals surface area contributed by atoms with Crippen molar-refractivity contribution in [2.24, 2.45) is 0 Å². The number of benzene rings is 2. The fourth-order valence-corrected chi connectivity index (χ4v) is 5.73. The molecule has 1 N–H and O–H groups in total. The first kappa shape index (κ1) is 22.3. The number of aromatic nitrogens is 1. The van der Waals surface area contributed by atoms with E-state index in [0.29, 0.717) is 22.9 Å². The Kier molecular flexibility index (Phi) is 6.54. The van der Waals surface area contributed by atoms with E-state index < -0.39 is 22.0 Å². The molecule has 0 bridgehead atoms. The zero-order chi connectivity index (χ0) is 22.1. The van der Waals surface area contributed by atoms with Crippen LogP contribution in [0.25, 0.3) is 10.2 Å². The van der Waals surface area contributed by atoms with Gasteiger partial charge >= 0.3 is 4.87 Å². The molecule has 160 valence electrons. The molecule has 0 unspecified atom stereocenters. The van der Waals surface area contributed by atoms with Gasteiger partial charge in [-0.3, -0.25) is 18.5 Å². The molecule has 2 aromatic carbocycles. The van der Waals surface area contributed by atoms with Gasteiger partial charge in [0.25, 0.3) is 0 Å². The number of rotatable bonds is 7. The maximum atomic E-state index is 13.0. The van der Waals surface area contributed by atoms with Gasteiger partial charge in [-0.2, -0.15) is 0 Å². The average molecular weight is 468 g/mol. The van der Waals surface area contributed by atoms with E-state index in [9.17, 15) is 18.0 Å². The van der Waals surface area contributed by atoms with Crippen LogP contribution in [0.5, 0.6) is 0 Å². The topological polar surface area (TPSA) is 88.5 Å². The van der Waals surface area contributed by atoms with E-state index in [4.69, 9.17) is 11.6 Å². The second kappa shape index (κ2) is 8.79. The second-order valence-electron chi connectivity index (χ2n) is 6.75. The van der Waals surface area contributed by atoms with Crippen molar-refractivity contribution >= 4 is 60.5 Å². The van der Waals surface area contributed by atoms with Crippen LogP contribution < -0.4 is 14.5 Å². The third-order valence-electron chi connectivity index (χ3n) is 4.64. The summed E-state index contributed by atoms with van der Waals surface area (Å²) in [5.41, 5.74) is 1.62. The van der Waals surface area contributed by atoms with Gasteiger partial charge in [-0.25, -0.2) is 8.42 Å². The minimum Gasteiger partial charge on any atom is -0.324 e. The van der Waals surface area contributed by atoms with Gasteiger partial charge in [0.05, 0.1) is 22.2 Å². The van der Waals surface area contributed by atoms with E-state index in [2.05, 4.69) is 5.32 Å². The van der Waals surface area contributed by atoms with Crippen molar-refractivity contribution in [3.05, 3.63) is 57.2 Å². The molecule has 0 aliphatic carbocycles. The van der Waals surface area contributed by atoms with E-state index in [1.165, 1.54) is 6.07 Å². The van der Waals surface area contributed by atoms with Crippen molar-refractivity contribution in [1.29, 1.82) is 0 Å². The lowest BCUT2D eigenvalue weighted by atomic mass is 10.1. The van der Waals surface area contributed by atoms with Crippen molar-refractivity contribution in [3.8, 4) is 0 Å². The summed E-state index contributed by atoms with van der Waals surface area (Å²) in [7, 11) is -3.75. The summed E-state index contributed by atoms with van der Waals surface area (Å²) in [6, 6.07) is 10.6. The molecule has 0 saturated heterocycles. The molecule has 1 atom stereocenters. The molecule has 0 spiro atoms. The monoisotopic (exact) mass is 467 g/mol. The minimum absolute atomic E-state index is 0.0633. The fourth-order valence-electron chi connectivity index (χ4n) is 3.34. The van der Waals surface area contributed by atoms with Crippen molar-refractivity contribution in [1.82, 2.24) is 4.57 Å². The third-order valence-corrected chi connectivity index (χ3v) is 7.00. The number of hydrogen-bond donors (Lipinski definition) is 1. The van der Waals surface area contributed by atoms with Gasteiger partial charge in [0, 0.05) is 17.3 Å². The zero-order valence-corrected chi connectivity index (χ0v) is 19.1. The molecule has 0 fully saturated rings. The summed E-state index contributed by atoms with van der Waals surface area (Å²) in [5.74, 6) is -0.468. The number of nitrogens with zero attached hydrogens (tertiary/aromatic N) is 2. The smallest absolute Gasteiger partial charge is 0.308 e. The zero-order valence-electron chi connectivity index (χ0n) is 16.8.